The molecule has 0 bridgehead atoms. The lowest BCUT2D eigenvalue weighted by Gasteiger charge is -2.22. The number of hydrogen-bond acceptors (Lipinski definition) is 5. The minimum absolute atomic E-state index is 0.0924. The average molecular weight is 550 g/mol. The lowest BCUT2D eigenvalue weighted by molar-refractivity contribution is 0.0445. The van der Waals surface area contributed by atoms with Crippen LogP contribution in [-0.4, -0.2) is 35.2 Å². The van der Waals surface area contributed by atoms with Crippen molar-refractivity contribution in [2.75, 3.05) is 17.7 Å². The SMILES string of the molecule is CC(C)(O)c1c(N)nc(C(=O)Nc2ccc(Br)cc2C2=CCCCC2)n1COCC[Si](C)(C)C. The number of hydrogen-bond donors (Lipinski definition) is 3. The smallest absolute Gasteiger partial charge is 0.291 e. The van der Waals surface area contributed by atoms with E-state index in [-0.39, 0.29) is 18.4 Å². The number of aliphatic hydroxyl groups is 1. The summed E-state index contributed by atoms with van der Waals surface area (Å²) in [5, 5.41) is 13.8. The van der Waals surface area contributed by atoms with Crippen molar-refractivity contribution in [2.45, 2.75) is 77.5 Å². The van der Waals surface area contributed by atoms with Gasteiger partial charge in [-0.1, -0.05) is 41.6 Å². The number of allylic oxidation sites excluding steroid dienone is 2. The van der Waals surface area contributed by atoms with Gasteiger partial charge in [-0.05, 0) is 69.3 Å². The summed E-state index contributed by atoms with van der Waals surface area (Å²) in [7, 11) is -1.27. The minimum Gasteiger partial charge on any atom is -0.384 e. The predicted octanol–water partition coefficient (Wildman–Crippen LogP) is 5.98. The molecule has 0 unspecified atom stereocenters. The van der Waals surface area contributed by atoms with Crippen molar-refractivity contribution in [3.8, 4) is 0 Å². The van der Waals surface area contributed by atoms with Crippen LogP contribution in [0.3, 0.4) is 0 Å². The van der Waals surface area contributed by atoms with Crippen molar-refractivity contribution in [3.05, 3.63) is 45.8 Å². The molecule has 1 amide bonds. The standard InChI is InChI=1S/C25H37BrN4O3Si/c1-25(2,32)21-22(27)29-23(30(21)16-33-13-14-34(3,4)5)24(31)28-20-12-11-18(26)15-19(20)17-9-7-6-8-10-17/h9,11-12,15,32H,6-8,10,13-14,16,27H2,1-5H3,(H,28,31). The number of anilines is 2. The highest BCUT2D eigenvalue weighted by Gasteiger charge is 2.30. The number of amides is 1. The van der Waals surface area contributed by atoms with E-state index in [9.17, 15) is 9.90 Å². The Kier molecular flexibility index (Phi) is 8.44. The van der Waals surface area contributed by atoms with Gasteiger partial charge in [0.05, 0.1) is 5.69 Å². The zero-order valence-corrected chi connectivity index (χ0v) is 23.5. The summed E-state index contributed by atoms with van der Waals surface area (Å²) < 4.78 is 8.46. The van der Waals surface area contributed by atoms with Crippen LogP contribution in [0.4, 0.5) is 11.5 Å². The second kappa shape index (κ2) is 10.8. The molecule has 0 aliphatic heterocycles. The maximum Gasteiger partial charge on any atom is 0.291 e. The van der Waals surface area contributed by atoms with E-state index >= 15 is 0 Å². The highest BCUT2D eigenvalue weighted by molar-refractivity contribution is 9.10. The molecule has 3 rings (SSSR count). The molecule has 1 aromatic heterocycles. The molecule has 0 atom stereocenters. The third kappa shape index (κ3) is 6.81. The number of carbonyl (C=O) groups excluding carboxylic acids is 1. The second-order valence-corrected chi connectivity index (χ2v) is 17.2. The highest BCUT2D eigenvalue weighted by atomic mass is 79.9. The molecule has 186 valence electrons. The van der Waals surface area contributed by atoms with E-state index in [1.54, 1.807) is 18.4 Å². The quantitative estimate of drug-likeness (QED) is 0.264. The van der Waals surface area contributed by atoms with Gasteiger partial charge < -0.3 is 20.9 Å². The van der Waals surface area contributed by atoms with E-state index in [4.69, 9.17) is 10.5 Å². The van der Waals surface area contributed by atoms with Gasteiger partial charge >= 0.3 is 0 Å². The molecule has 9 heteroatoms. The first kappa shape index (κ1) is 26.7. The molecule has 1 heterocycles. The lowest BCUT2D eigenvalue weighted by atomic mass is 9.92. The number of ether oxygens (including phenoxy) is 1. The van der Waals surface area contributed by atoms with Gasteiger partial charge in [-0.25, -0.2) is 4.98 Å². The number of benzene rings is 1. The van der Waals surface area contributed by atoms with Gasteiger partial charge in [0, 0.05) is 30.4 Å². The van der Waals surface area contributed by atoms with Crippen molar-refractivity contribution in [2.24, 2.45) is 0 Å². The van der Waals surface area contributed by atoms with E-state index in [0.29, 0.717) is 12.3 Å². The fourth-order valence-electron chi connectivity index (χ4n) is 4.10. The van der Waals surface area contributed by atoms with E-state index in [0.717, 1.165) is 41.0 Å². The molecule has 1 aliphatic carbocycles. The molecular weight excluding hydrogens is 512 g/mol. The summed E-state index contributed by atoms with van der Waals surface area (Å²) >= 11 is 3.56. The van der Waals surface area contributed by atoms with Gasteiger partial charge in [0.2, 0.25) is 5.82 Å². The van der Waals surface area contributed by atoms with E-state index < -0.39 is 19.6 Å². The Bertz CT molecular complexity index is 1070. The van der Waals surface area contributed by atoms with Gasteiger partial charge in [0.15, 0.2) is 0 Å². The zero-order valence-electron chi connectivity index (χ0n) is 20.9. The minimum atomic E-state index is -1.28. The Balaban J connectivity index is 1.91. The van der Waals surface area contributed by atoms with Crippen LogP contribution in [0.15, 0.2) is 28.7 Å². The molecule has 2 aromatic rings. The van der Waals surface area contributed by atoms with Crippen LogP contribution in [0.25, 0.3) is 5.57 Å². The molecule has 0 fully saturated rings. The highest BCUT2D eigenvalue weighted by Crippen LogP contribution is 2.34. The van der Waals surface area contributed by atoms with Crippen molar-refractivity contribution in [1.29, 1.82) is 0 Å². The molecule has 1 aliphatic rings. The number of nitrogens with two attached hydrogens (primary N) is 1. The molecule has 1 aromatic carbocycles. The first-order chi connectivity index (χ1) is 15.9. The summed E-state index contributed by atoms with van der Waals surface area (Å²) in [6.45, 7) is 10.8. The number of carbonyl (C=O) groups is 1. The summed E-state index contributed by atoms with van der Waals surface area (Å²) in [5.41, 5.74) is 8.21. The van der Waals surface area contributed by atoms with Crippen LogP contribution < -0.4 is 11.1 Å². The number of rotatable bonds is 9. The summed E-state index contributed by atoms with van der Waals surface area (Å²) in [4.78, 5) is 17.8. The molecular formula is C25H37BrN4O3Si. The first-order valence-electron chi connectivity index (χ1n) is 11.8. The maximum atomic E-state index is 13.4. The van der Waals surface area contributed by atoms with Crippen LogP contribution in [-0.2, 0) is 17.1 Å². The van der Waals surface area contributed by atoms with E-state index in [2.05, 4.69) is 51.9 Å². The third-order valence-corrected chi connectivity index (χ3v) is 8.06. The van der Waals surface area contributed by atoms with Crippen LogP contribution in [0.5, 0.6) is 0 Å². The molecule has 0 saturated carbocycles. The van der Waals surface area contributed by atoms with Crippen molar-refractivity contribution < 1.29 is 14.6 Å². The van der Waals surface area contributed by atoms with Crippen molar-refractivity contribution >= 4 is 47.0 Å². The Morgan fingerprint density at radius 2 is 2.06 bits per heavy atom. The molecule has 34 heavy (non-hydrogen) atoms. The van der Waals surface area contributed by atoms with E-state index in [1.165, 1.54) is 12.0 Å². The fraction of sp³-hybridized carbons (Fsp3) is 0.520. The van der Waals surface area contributed by atoms with Gasteiger partial charge in [-0.15, -0.1) is 0 Å². The summed E-state index contributed by atoms with van der Waals surface area (Å²) in [6.07, 6.45) is 6.59. The molecule has 0 spiro atoms. The number of nitrogens with one attached hydrogen (secondary N) is 1. The van der Waals surface area contributed by atoms with Crippen molar-refractivity contribution in [1.82, 2.24) is 9.55 Å². The summed E-state index contributed by atoms with van der Waals surface area (Å²) in [5.74, 6) is -0.150. The first-order valence-corrected chi connectivity index (χ1v) is 16.3. The number of imidazole rings is 1. The van der Waals surface area contributed by atoms with Crippen LogP contribution in [0, 0.1) is 0 Å². The normalized spacial score (nSPS) is 14.7. The van der Waals surface area contributed by atoms with Crippen LogP contribution in [0.1, 0.15) is 61.4 Å². The monoisotopic (exact) mass is 548 g/mol. The number of halogens is 1. The lowest BCUT2D eigenvalue weighted by Crippen LogP contribution is -2.27. The molecule has 7 nitrogen and oxygen atoms in total. The Morgan fingerprint density at radius 3 is 2.68 bits per heavy atom. The van der Waals surface area contributed by atoms with Gasteiger partial charge in [0.25, 0.3) is 5.91 Å². The molecule has 4 N–H and O–H groups in total. The van der Waals surface area contributed by atoms with Crippen molar-refractivity contribution in [3.63, 3.8) is 0 Å². The van der Waals surface area contributed by atoms with Gasteiger partial charge in [-0.2, -0.15) is 0 Å². The largest absolute Gasteiger partial charge is 0.384 e. The predicted molar refractivity (Wildman–Crippen MR) is 145 cm³/mol. The van der Waals surface area contributed by atoms with Gasteiger partial charge in [-0.3, -0.25) is 9.36 Å². The number of nitrogen functional groups attached to an aromatic ring is 1. The maximum absolute atomic E-state index is 13.4. The van der Waals surface area contributed by atoms with Gasteiger partial charge in [0.1, 0.15) is 18.1 Å². The second-order valence-electron chi connectivity index (χ2n) is 10.6. The zero-order chi connectivity index (χ0) is 25.1. The third-order valence-electron chi connectivity index (χ3n) is 5.86. The molecule has 0 radical (unpaired) electrons. The van der Waals surface area contributed by atoms with Crippen LogP contribution in [0.2, 0.25) is 25.7 Å². The Labute approximate surface area is 211 Å². The Hall–Kier alpha value is -1.94. The number of aromatic nitrogens is 2. The van der Waals surface area contributed by atoms with Crippen LogP contribution >= 0.6 is 15.9 Å². The summed E-state index contributed by atoms with van der Waals surface area (Å²) in [6, 6.07) is 6.83. The average Bonchev–Trinajstić information content (AvgIpc) is 3.09. The Morgan fingerprint density at radius 1 is 1.32 bits per heavy atom. The fourth-order valence-corrected chi connectivity index (χ4v) is 5.22. The van der Waals surface area contributed by atoms with E-state index in [1.807, 2.05) is 18.2 Å². The molecule has 0 saturated heterocycles. The number of nitrogens with zero attached hydrogens (tertiary/aromatic N) is 2. The topological polar surface area (TPSA) is 102 Å².